The van der Waals surface area contributed by atoms with Gasteiger partial charge in [-0.15, -0.1) is 0 Å². The zero-order valence-electron chi connectivity index (χ0n) is 16.4. The van der Waals surface area contributed by atoms with Crippen LogP contribution in [0.4, 0.5) is 10.5 Å². The Morgan fingerprint density at radius 1 is 1.07 bits per heavy atom. The number of fused-ring (bicyclic) bond motifs is 2. The number of benzene rings is 2. The third-order valence-corrected chi connectivity index (χ3v) is 6.45. The van der Waals surface area contributed by atoms with Gasteiger partial charge in [0, 0.05) is 18.2 Å². The molecule has 0 aromatic heterocycles. The summed E-state index contributed by atoms with van der Waals surface area (Å²) < 4.78 is 0. The van der Waals surface area contributed by atoms with E-state index in [0.717, 1.165) is 34.6 Å². The first-order valence-electron chi connectivity index (χ1n) is 10.1. The first-order valence-corrected chi connectivity index (χ1v) is 10.1. The SMILES string of the molecule is C[C@@H]1Cc2ccccc2N1C(=O)CN1C(=O)N[C@]2(CCc3ccccc3C2)C1=O. The molecule has 4 amide bonds. The van der Waals surface area contributed by atoms with E-state index in [9.17, 15) is 14.4 Å². The molecule has 6 heteroatoms. The van der Waals surface area contributed by atoms with Gasteiger partial charge < -0.3 is 10.2 Å². The number of urea groups is 1. The van der Waals surface area contributed by atoms with E-state index in [0.29, 0.717) is 12.8 Å². The molecule has 1 N–H and O–H groups in total. The van der Waals surface area contributed by atoms with Crippen molar-refractivity contribution in [3.05, 3.63) is 65.2 Å². The molecular formula is C23H23N3O3. The standard InChI is InChI=1S/C23H23N3O3/c1-15-12-17-7-4-5-9-19(17)26(15)20(27)14-25-21(28)23(24-22(25)29)11-10-16-6-2-3-8-18(16)13-23/h2-9,15H,10-14H2,1H3,(H,24,29)/t15-,23+/m1/s1. The average molecular weight is 389 g/mol. The lowest BCUT2D eigenvalue weighted by molar-refractivity contribution is -0.134. The Labute approximate surface area is 169 Å². The van der Waals surface area contributed by atoms with Crippen molar-refractivity contribution < 1.29 is 14.4 Å². The Morgan fingerprint density at radius 3 is 2.55 bits per heavy atom. The number of para-hydroxylation sites is 1. The molecule has 2 atom stereocenters. The van der Waals surface area contributed by atoms with E-state index >= 15 is 0 Å². The number of aryl methyl sites for hydroxylation is 1. The number of nitrogens with zero attached hydrogens (tertiary/aromatic N) is 2. The number of carbonyl (C=O) groups excluding carboxylic acids is 3. The van der Waals surface area contributed by atoms with Crippen LogP contribution in [0.3, 0.4) is 0 Å². The van der Waals surface area contributed by atoms with Crippen molar-refractivity contribution in [2.45, 2.75) is 44.2 Å². The maximum Gasteiger partial charge on any atom is 0.325 e. The van der Waals surface area contributed by atoms with Gasteiger partial charge in [0.05, 0.1) is 0 Å². The van der Waals surface area contributed by atoms with Gasteiger partial charge >= 0.3 is 6.03 Å². The highest BCUT2D eigenvalue weighted by atomic mass is 16.2. The van der Waals surface area contributed by atoms with E-state index in [1.165, 1.54) is 5.56 Å². The minimum atomic E-state index is -0.930. The van der Waals surface area contributed by atoms with Crippen molar-refractivity contribution in [2.75, 3.05) is 11.4 Å². The van der Waals surface area contributed by atoms with Crippen LogP contribution in [-0.2, 0) is 28.9 Å². The number of amides is 4. The van der Waals surface area contributed by atoms with E-state index in [1.807, 2.05) is 49.4 Å². The van der Waals surface area contributed by atoms with Gasteiger partial charge in [0.1, 0.15) is 12.1 Å². The number of nitrogens with one attached hydrogen (secondary N) is 1. The Balaban J connectivity index is 1.37. The van der Waals surface area contributed by atoms with Crippen LogP contribution in [-0.4, -0.2) is 40.9 Å². The molecule has 0 unspecified atom stereocenters. The zero-order chi connectivity index (χ0) is 20.2. The maximum absolute atomic E-state index is 13.3. The van der Waals surface area contributed by atoms with Crippen molar-refractivity contribution in [3.63, 3.8) is 0 Å². The van der Waals surface area contributed by atoms with Gasteiger partial charge in [-0.1, -0.05) is 42.5 Å². The molecule has 1 aliphatic carbocycles. The average Bonchev–Trinajstić information content (AvgIpc) is 3.16. The topological polar surface area (TPSA) is 69.7 Å². The molecule has 148 valence electrons. The first kappa shape index (κ1) is 17.9. The molecule has 29 heavy (non-hydrogen) atoms. The third-order valence-electron chi connectivity index (χ3n) is 6.45. The molecule has 5 rings (SSSR count). The summed E-state index contributed by atoms with van der Waals surface area (Å²) in [6.45, 7) is 1.76. The summed E-state index contributed by atoms with van der Waals surface area (Å²) in [7, 11) is 0. The summed E-state index contributed by atoms with van der Waals surface area (Å²) in [6, 6.07) is 15.4. The number of rotatable bonds is 2. The molecule has 0 bridgehead atoms. The molecule has 2 aromatic rings. The molecule has 2 heterocycles. The highest BCUT2D eigenvalue weighted by Crippen LogP contribution is 2.35. The third kappa shape index (κ3) is 2.74. The lowest BCUT2D eigenvalue weighted by atomic mass is 9.78. The van der Waals surface area contributed by atoms with Crippen molar-refractivity contribution in [1.82, 2.24) is 10.2 Å². The van der Waals surface area contributed by atoms with Gasteiger partial charge in [-0.2, -0.15) is 0 Å². The number of anilines is 1. The van der Waals surface area contributed by atoms with Gasteiger partial charge in [-0.05, 0) is 48.9 Å². The van der Waals surface area contributed by atoms with Crippen LogP contribution in [0, 0.1) is 0 Å². The highest BCUT2D eigenvalue weighted by molar-refractivity contribution is 6.11. The van der Waals surface area contributed by atoms with E-state index < -0.39 is 11.6 Å². The van der Waals surface area contributed by atoms with Crippen LogP contribution in [0.5, 0.6) is 0 Å². The normalized spacial score (nSPS) is 25.2. The number of carbonyl (C=O) groups is 3. The molecule has 1 fully saturated rings. The largest absolute Gasteiger partial charge is 0.325 e. The lowest BCUT2D eigenvalue weighted by Gasteiger charge is -2.32. The molecule has 0 saturated carbocycles. The Bertz CT molecular complexity index is 1030. The number of hydrogen-bond acceptors (Lipinski definition) is 3. The van der Waals surface area contributed by atoms with Gasteiger partial charge in [-0.25, -0.2) is 4.79 Å². The summed E-state index contributed by atoms with van der Waals surface area (Å²) in [6.07, 6.45) is 2.55. The fourth-order valence-corrected chi connectivity index (χ4v) is 5.00. The molecule has 6 nitrogen and oxygen atoms in total. The summed E-state index contributed by atoms with van der Waals surface area (Å²) in [4.78, 5) is 41.8. The van der Waals surface area contributed by atoms with E-state index in [4.69, 9.17) is 0 Å². The summed E-state index contributed by atoms with van der Waals surface area (Å²) in [5, 5.41) is 2.90. The van der Waals surface area contributed by atoms with Crippen molar-refractivity contribution in [1.29, 1.82) is 0 Å². The predicted molar refractivity (Wildman–Crippen MR) is 109 cm³/mol. The van der Waals surface area contributed by atoms with Crippen LogP contribution in [0.25, 0.3) is 0 Å². The van der Waals surface area contributed by atoms with E-state index in [-0.39, 0.29) is 24.4 Å². The Kier molecular flexibility index (Phi) is 3.98. The van der Waals surface area contributed by atoms with Crippen LogP contribution in [0.15, 0.2) is 48.5 Å². The molecule has 1 spiro atoms. The smallest absolute Gasteiger partial charge is 0.323 e. The second-order valence-corrected chi connectivity index (χ2v) is 8.29. The van der Waals surface area contributed by atoms with Crippen molar-refractivity contribution >= 4 is 23.5 Å². The Morgan fingerprint density at radius 2 is 1.76 bits per heavy atom. The fourth-order valence-electron chi connectivity index (χ4n) is 5.00. The van der Waals surface area contributed by atoms with Crippen molar-refractivity contribution in [3.8, 4) is 0 Å². The Hall–Kier alpha value is -3.15. The van der Waals surface area contributed by atoms with Crippen LogP contribution in [0.2, 0.25) is 0 Å². The van der Waals surface area contributed by atoms with Crippen LogP contribution >= 0.6 is 0 Å². The number of hydrogen-bond donors (Lipinski definition) is 1. The molecule has 0 radical (unpaired) electrons. The minimum Gasteiger partial charge on any atom is -0.323 e. The number of imide groups is 1. The van der Waals surface area contributed by atoms with Gasteiger partial charge in [0.15, 0.2) is 0 Å². The quantitative estimate of drug-likeness (QED) is 0.802. The summed E-state index contributed by atoms with van der Waals surface area (Å²) >= 11 is 0. The van der Waals surface area contributed by atoms with Crippen molar-refractivity contribution in [2.24, 2.45) is 0 Å². The highest BCUT2D eigenvalue weighted by Gasteiger charge is 2.53. The van der Waals surface area contributed by atoms with E-state index in [2.05, 4.69) is 11.4 Å². The van der Waals surface area contributed by atoms with E-state index in [1.54, 1.807) is 4.90 Å². The van der Waals surface area contributed by atoms with Crippen LogP contribution < -0.4 is 10.2 Å². The lowest BCUT2D eigenvalue weighted by Crippen LogP contribution is -2.52. The zero-order valence-corrected chi connectivity index (χ0v) is 16.4. The molecule has 2 aromatic carbocycles. The monoisotopic (exact) mass is 389 g/mol. The summed E-state index contributed by atoms with van der Waals surface area (Å²) in [5.41, 5.74) is 3.37. The summed E-state index contributed by atoms with van der Waals surface area (Å²) in [5.74, 6) is -0.510. The fraction of sp³-hybridized carbons (Fsp3) is 0.348. The molecular weight excluding hydrogens is 366 g/mol. The predicted octanol–water partition coefficient (Wildman–Crippen LogP) is 2.44. The second kappa shape index (κ2) is 6.44. The molecule has 3 aliphatic rings. The van der Waals surface area contributed by atoms with Crippen LogP contribution in [0.1, 0.15) is 30.0 Å². The minimum absolute atomic E-state index is 0.0104. The van der Waals surface area contributed by atoms with Gasteiger partial charge in [-0.3, -0.25) is 14.5 Å². The molecule has 2 aliphatic heterocycles. The van der Waals surface area contributed by atoms with Gasteiger partial charge in [0.25, 0.3) is 5.91 Å². The second-order valence-electron chi connectivity index (χ2n) is 8.29. The molecule has 1 saturated heterocycles. The first-order chi connectivity index (χ1) is 14.0. The van der Waals surface area contributed by atoms with Gasteiger partial charge in [0.2, 0.25) is 5.91 Å². The maximum atomic E-state index is 13.3.